The Morgan fingerprint density at radius 1 is 1.80 bits per heavy atom. The van der Waals surface area contributed by atoms with Gasteiger partial charge in [-0.3, -0.25) is 10.1 Å². The van der Waals surface area contributed by atoms with Crippen molar-refractivity contribution in [2.45, 2.75) is 25.6 Å². The lowest BCUT2D eigenvalue weighted by Crippen LogP contribution is -2.42. The highest BCUT2D eigenvalue weighted by molar-refractivity contribution is 5.74. The molecule has 1 aliphatic heterocycles. The first kappa shape index (κ1) is 7.50. The van der Waals surface area contributed by atoms with Crippen LogP contribution in [0.15, 0.2) is 0 Å². The van der Waals surface area contributed by atoms with Gasteiger partial charge in [-0.25, -0.2) is 0 Å². The van der Waals surface area contributed by atoms with Gasteiger partial charge in [0.2, 0.25) is 0 Å². The molecule has 0 aromatic carbocycles. The third-order valence-electron chi connectivity index (χ3n) is 1.43. The fourth-order valence-corrected chi connectivity index (χ4v) is 0.928. The number of nitrogens with one attached hydrogen (secondary N) is 1. The van der Waals surface area contributed by atoms with E-state index in [4.69, 9.17) is 9.84 Å². The highest BCUT2D eigenvalue weighted by Gasteiger charge is 2.34. The molecule has 4 nitrogen and oxygen atoms in total. The maximum atomic E-state index is 10.3. The van der Waals surface area contributed by atoms with Crippen LogP contribution in [0.2, 0.25) is 0 Å². The third kappa shape index (κ3) is 1.46. The molecule has 10 heavy (non-hydrogen) atoms. The maximum Gasteiger partial charge on any atom is 0.323 e. The summed E-state index contributed by atoms with van der Waals surface area (Å²) in [6.45, 7) is 3.86. The van der Waals surface area contributed by atoms with Gasteiger partial charge < -0.3 is 9.84 Å². The molecule has 0 spiro atoms. The summed E-state index contributed by atoms with van der Waals surface area (Å²) in [5.41, 5.74) is -0.483. The van der Waals surface area contributed by atoms with Gasteiger partial charge in [-0.05, 0) is 13.8 Å². The monoisotopic (exact) mass is 145 g/mol. The molecular formula is C6H11NO3. The van der Waals surface area contributed by atoms with Crippen LogP contribution in [0.4, 0.5) is 0 Å². The number of hydrogen-bond donors (Lipinski definition) is 2. The normalized spacial score (nSPS) is 30.4. The van der Waals surface area contributed by atoms with E-state index in [1.165, 1.54) is 0 Å². The molecule has 0 aromatic heterocycles. The maximum absolute atomic E-state index is 10.3. The van der Waals surface area contributed by atoms with E-state index < -0.39 is 17.7 Å². The van der Waals surface area contributed by atoms with E-state index in [0.717, 1.165) is 0 Å². The lowest BCUT2D eigenvalue weighted by atomic mass is 10.3. The number of aliphatic carboxylic acids is 1. The SMILES string of the molecule is CC1(C)N[C@@H](C(=O)O)CO1. The van der Waals surface area contributed by atoms with Crippen molar-refractivity contribution in [3.05, 3.63) is 0 Å². The van der Waals surface area contributed by atoms with Gasteiger partial charge in [0, 0.05) is 0 Å². The molecule has 1 atom stereocenters. The Labute approximate surface area is 59.2 Å². The van der Waals surface area contributed by atoms with Crippen LogP contribution >= 0.6 is 0 Å². The van der Waals surface area contributed by atoms with Crippen molar-refractivity contribution in [2.24, 2.45) is 0 Å². The highest BCUT2D eigenvalue weighted by Crippen LogP contribution is 2.13. The number of carbonyl (C=O) groups is 1. The Morgan fingerprint density at radius 3 is 2.60 bits per heavy atom. The second-order valence-electron chi connectivity index (χ2n) is 2.86. The molecule has 1 rings (SSSR count). The van der Waals surface area contributed by atoms with Crippen molar-refractivity contribution in [3.8, 4) is 0 Å². The number of hydrogen-bond acceptors (Lipinski definition) is 3. The first-order valence-electron chi connectivity index (χ1n) is 3.16. The van der Waals surface area contributed by atoms with Crippen LogP contribution in [-0.2, 0) is 9.53 Å². The van der Waals surface area contributed by atoms with Crippen LogP contribution < -0.4 is 5.32 Å². The number of carboxylic acid groups (broad SMARTS) is 1. The van der Waals surface area contributed by atoms with Gasteiger partial charge in [0.15, 0.2) is 0 Å². The summed E-state index contributed by atoms with van der Waals surface area (Å²) in [7, 11) is 0. The minimum absolute atomic E-state index is 0.252. The molecule has 2 N–H and O–H groups in total. The quantitative estimate of drug-likeness (QED) is 0.536. The predicted molar refractivity (Wildman–Crippen MR) is 34.6 cm³/mol. The average molecular weight is 145 g/mol. The van der Waals surface area contributed by atoms with Crippen molar-refractivity contribution in [3.63, 3.8) is 0 Å². The largest absolute Gasteiger partial charge is 0.480 e. The average Bonchev–Trinajstić information content (AvgIpc) is 2.10. The second kappa shape index (κ2) is 2.21. The van der Waals surface area contributed by atoms with Gasteiger partial charge in [0.1, 0.15) is 11.8 Å². The minimum atomic E-state index is -0.856. The summed E-state index contributed by atoms with van der Waals surface area (Å²) in [4.78, 5) is 10.3. The zero-order valence-electron chi connectivity index (χ0n) is 6.05. The van der Waals surface area contributed by atoms with Gasteiger partial charge in [-0.2, -0.15) is 0 Å². The van der Waals surface area contributed by atoms with Crippen molar-refractivity contribution >= 4 is 5.97 Å². The molecule has 1 fully saturated rings. The Morgan fingerprint density at radius 2 is 2.40 bits per heavy atom. The molecule has 58 valence electrons. The second-order valence-corrected chi connectivity index (χ2v) is 2.86. The third-order valence-corrected chi connectivity index (χ3v) is 1.43. The van der Waals surface area contributed by atoms with Crippen molar-refractivity contribution in [2.75, 3.05) is 6.61 Å². The highest BCUT2D eigenvalue weighted by atomic mass is 16.5. The van der Waals surface area contributed by atoms with Gasteiger partial charge in [0.05, 0.1) is 6.61 Å². The van der Waals surface area contributed by atoms with E-state index in [0.29, 0.717) is 0 Å². The molecule has 4 heteroatoms. The van der Waals surface area contributed by atoms with Gasteiger partial charge >= 0.3 is 5.97 Å². The minimum Gasteiger partial charge on any atom is -0.480 e. The zero-order valence-corrected chi connectivity index (χ0v) is 6.05. The first-order chi connectivity index (χ1) is 4.51. The van der Waals surface area contributed by atoms with Crippen LogP contribution in [-0.4, -0.2) is 29.4 Å². The van der Waals surface area contributed by atoms with Crippen LogP contribution in [0.1, 0.15) is 13.8 Å². The topological polar surface area (TPSA) is 58.6 Å². The molecular weight excluding hydrogens is 134 g/mol. The standard InChI is InChI=1S/C6H11NO3/c1-6(2)7-4(3-10-6)5(8)9/h4,7H,3H2,1-2H3,(H,8,9)/t4-/m1/s1. The van der Waals surface area contributed by atoms with Crippen molar-refractivity contribution in [1.82, 2.24) is 5.32 Å². The molecule has 0 aliphatic carbocycles. The number of ether oxygens (including phenoxy) is 1. The fraction of sp³-hybridized carbons (Fsp3) is 0.833. The molecule has 0 unspecified atom stereocenters. The van der Waals surface area contributed by atoms with Crippen LogP contribution in [0.5, 0.6) is 0 Å². The van der Waals surface area contributed by atoms with Crippen LogP contribution in [0, 0.1) is 0 Å². The van der Waals surface area contributed by atoms with Gasteiger partial charge in [-0.15, -0.1) is 0 Å². The molecule has 1 saturated heterocycles. The van der Waals surface area contributed by atoms with Crippen LogP contribution in [0.25, 0.3) is 0 Å². The molecule has 0 amide bonds. The van der Waals surface area contributed by atoms with E-state index in [-0.39, 0.29) is 6.61 Å². The Hall–Kier alpha value is -0.610. The molecule has 1 heterocycles. The fourth-order valence-electron chi connectivity index (χ4n) is 0.928. The molecule has 0 radical (unpaired) electrons. The Bertz CT molecular complexity index is 155. The molecule has 1 aliphatic rings. The van der Waals surface area contributed by atoms with Gasteiger partial charge in [0.25, 0.3) is 0 Å². The zero-order chi connectivity index (χ0) is 7.78. The lowest BCUT2D eigenvalue weighted by molar-refractivity contribution is -0.139. The molecule has 0 aromatic rings. The summed E-state index contributed by atoms with van der Waals surface area (Å²) in [6, 6.07) is -0.546. The Balaban J connectivity index is 2.51. The van der Waals surface area contributed by atoms with Crippen molar-refractivity contribution in [1.29, 1.82) is 0 Å². The summed E-state index contributed by atoms with van der Waals surface area (Å²) in [5, 5.41) is 11.3. The summed E-state index contributed by atoms with van der Waals surface area (Å²) in [5.74, 6) is -0.856. The lowest BCUT2D eigenvalue weighted by Gasteiger charge is -2.16. The first-order valence-corrected chi connectivity index (χ1v) is 3.16. The van der Waals surface area contributed by atoms with E-state index in [1.807, 2.05) is 0 Å². The van der Waals surface area contributed by atoms with E-state index in [2.05, 4.69) is 5.32 Å². The van der Waals surface area contributed by atoms with Crippen LogP contribution in [0.3, 0.4) is 0 Å². The summed E-state index contributed by atoms with van der Waals surface area (Å²) >= 11 is 0. The summed E-state index contributed by atoms with van der Waals surface area (Å²) < 4.78 is 5.12. The van der Waals surface area contributed by atoms with E-state index in [9.17, 15) is 4.79 Å². The molecule has 0 bridgehead atoms. The van der Waals surface area contributed by atoms with Crippen molar-refractivity contribution < 1.29 is 14.6 Å². The van der Waals surface area contributed by atoms with E-state index >= 15 is 0 Å². The van der Waals surface area contributed by atoms with E-state index in [1.54, 1.807) is 13.8 Å². The predicted octanol–water partition coefficient (Wildman–Crippen LogP) is -0.205. The van der Waals surface area contributed by atoms with Gasteiger partial charge in [-0.1, -0.05) is 0 Å². The smallest absolute Gasteiger partial charge is 0.323 e. The molecule has 0 saturated carbocycles. The number of carboxylic acids is 1. The Kier molecular flexibility index (Phi) is 1.66. The summed E-state index contributed by atoms with van der Waals surface area (Å²) in [6.07, 6.45) is 0. The number of rotatable bonds is 1.